The Hall–Kier alpha value is -0.780. The fourth-order valence-corrected chi connectivity index (χ4v) is 2.13. The normalized spacial score (nSPS) is 41.8. The third kappa shape index (κ3) is 1.20. The van der Waals surface area contributed by atoms with Crippen LogP contribution in [0.25, 0.3) is 0 Å². The second-order valence-electron chi connectivity index (χ2n) is 3.96. The molecule has 3 nitrogen and oxygen atoms in total. The van der Waals surface area contributed by atoms with Crippen molar-refractivity contribution in [1.82, 2.24) is 0 Å². The first-order chi connectivity index (χ1) is 5.75. The minimum Gasteiger partial charge on any atom is -0.452 e. The molecule has 0 amide bonds. The van der Waals surface area contributed by atoms with Gasteiger partial charge in [-0.2, -0.15) is 13.2 Å². The molecule has 0 unspecified atom stereocenters. The smallest absolute Gasteiger partial charge is 0.452 e. The van der Waals surface area contributed by atoms with Crippen molar-refractivity contribution in [3.63, 3.8) is 0 Å². The molecular weight excluding hydrogens is 187 g/mol. The van der Waals surface area contributed by atoms with Crippen LogP contribution in [0.5, 0.6) is 0 Å². The van der Waals surface area contributed by atoms with Gasteiger partial charge < -0.3 is 10.5 Å². The van der Waals surface area contributed by atoms with Crippen LogP contribution in [-0.4, -0.2) is 23.3 Å². The number of carbonyl (C=O) groups excluding carboxylic acids is 1. The number of halogens is 3. The monoisotopic (exact) mass is 195 g/mol. The Morgan fingerprint density at radius 3 is 2.08 bits per heavy atom. The van der Waals surface area contributed by atoms with Crippen LogP contribution in [0.15, 0.2) is 0 Å². The zero-order chi connectivity index (χ0) is 9.91. The zero-order valence-electron chi connectivity index (χ0n) is 6.65. The number of rotatable bonds is 1. The Morgan fingerprint density at radius 2 is 1.77 bits per heavy atom. The average molecular weight is 195 g/mol. The van der Waals surface area contributed by atoms with Crippen LogP contribution in [0.1, 0.15) is 19.3 Å². The van der Waals surface area contributed by atoms with E-state index in [1.165, 1.54) is 0 Å². The van der Waals surface area contributed by atoms with E-state index in [0.29, 0.717) is 19.3 Å². The first-order valence-corrected chi connectivity index (χ1v) is 3.84. The largest absolute Gasteiger partial charge is 0.490 e. The van der Waals surface area contributed by atoms with E-state index >= 15 is 0 Å². The average Bonchev–Trinajstić information content (AvgIpc) is 1.79. The van der Waals surface area contributed by atoms with E-state index in [9.17, 15) is 18.0 Å². The number of esters is 1. The van der Waals surface area contributed by atoms with Crippen molar-refractivity contribution < 1.29 is 22.7 Å². The second kappa shape index (κ2) is 2.00. The molecular formula is C7H8F3NO2. The number of ether oxygens (including phenoxy) is 1. The molecule has 2 bridgehead atoms. The lowest BCUT2D eigenvalue weighted by atomic mass is 9.46. The third-order valence-corrected chi connectivity index (χ3v) is 2.56. The summed E-state index contributed by atoms with van der Waals surface area (Å²) >= 11 is 0. The van der Waals surface area contributed by atoms with Gasteiger partial charge in [0, 0.05) is 24.8 Å². The van der Waals surface area contributed by atoms with Gasteiger partial charge in [-0.15, -0.1) is 0 Å². The highest BCUT2D eigenvalue weighted by Gasteiger charge is 2.70. The minimum atomic E-state index is -4.89. The summed E-state index contributed by atoms with van der Waals surface area (Å²) in [6, 6.07) is 0. The summed E-state index contributed by atoms with van der Waals surface area (Å²) in [7, 11) is 0. The van der Waals surface area contributed by atoms with Crippen molar-refractivity contribution in [1.29, 1.82) is 0 Å². The molecule has 0 aromatic carbocycles. The SMILES string of the molecule is NC12CC(OC(=O)C(F)(F)F)(C1)C2. The van der Waals surface area contributed by atoms with Crippen molar-refractivity contribution in [2.75, 3.05) is 0 Å². The standard InChI is InChI=1S/C7H8F3NO2/c8-7(9,10)4(12)13-6-1-5(11,2-6)3-6/h1-3,11H2. The molecule has 3 fully saturated rings. The lowest BCUT2D eigenvalue weighted by Crippen LogP contribution is -2.78. The predicted octanol–water partition coefficient (Wildman–Crippen LogP) is 0.726. The molecule has 3 aliphatic carbocycles. The molecule has 13 heavy (non-hydrogen) atoms. The van der Waals surface area contributed by atoms with Crippen LogP contribution in [0, 0.1) is 0 Å². The van der Waals surface area contributed by atoms with Crippen LogP contribution in [0.4, 0.5) is 13.2 Å². The first kappa shape index (κ1) is 8.80. The highest BCUT2D eigenvalue weighted by molar-refractivity contribution is 5.76. The third-order valence-electron chi connectivity index (χ3n) is 2.56. The summed E-state index contributed by atoms with van der Waals surface area (Å²) in [5.41, 5.74) is 4.34. The molecule has 0 heterocycles. The molecule has 0 aromatic heterocycles. The van der Waals surface area contributed by atoms with Crippen LogP contribution in [0.3, 0.4) is 0 Å². The molecule has 0 saturated heterocycles. The molecule has 0 aliphatic heterocycles. The van der Waals surface area contributed by atoms with E-state index in [1.54, 1.807) is 0 Å². The topological polar surface area (TPSA) is 52.3 Å². The van der Waals surface area contributed by atoms with Gasteiger partial charge in [0.1, 0.15) is 5.60 Å². The molecule has 74 valence electrons. The molecule has 3 aliphatic rings. The van der Waals surface area contributed by atoms with Crippen LogP contribution < -0.4 is 5.73 Å². The van der Waals surface area contributed by atoms with Crippen molar-refractivity contribution in [3.8, 4) is 0 Å². The lowest BCUT2D eigenvalue weighted by molar-refractivity contribution is -0.263. The number of nitrogens with two attached hydrogens (primary N) is 1. The maximum Gasteiger partial charge on any atom is 0.490 e. The fourth-order valence-electron chi connectivity index (χ4n) is 2.13. The molecule has 6 heteroatoms. The minimum absolute atomic E-state index is 0.355. The molecule has 0 aromatic rings. The van der Waals surface area contributed by atoms with Gasteiger partial charge >= 0.3 is 12.1 Å². The summed E-state index contributed by atoms with van der Waals surface area (Å²) in [4.78, 5) is 10.4. The molecule has 0 spiro atoms. The second-order valence-corrected chi connectivity index (χ2v) is 3.96. The van der Waals surface area contributed by atoms with Crippen LogP contribution in [-0.2, 0) is 9.53 Å². The Balaban J connectivity index is 1.91. The zero-order valence-corrected chi connectivity index (χ0v) is 6.65. The fraction of sp³-hybridized carbons (Fsp3) is 0.857. The van der Waals surface area contributed by atoms with E-state index in [4.69, 9.17) is 5.73 Å². The Morgan fingerprint density at radius 1 is 1.31 bits per heavy atom. The maximum absolute atomic E-state index is 11.7. The molecule has 3 rings (SSSR count). The molecule has 0 radical (unpaired) electrons. The predicted molar refractivity (Wildman–Crippen MR) is 35.6 cm³/mol. The van der Waals surface area contributed by atoms with Gasteiger partial charge in [0.05, 0.1) is 0 Å². The van der Waals surface area contributed by atoms with Gasteiger partial charge in [0.25, 0.3) is 0 Å². The molecule has 2 N–H and O–H groups in total. The van der Waals surface area contributed by atoms with Gasteiger partial charge in [0.2, 0.25) is 0 Å². The molecule has 3 saturated carbocycles. The van der Waals surface area contributed by atoms with E-state index in [2.05, 4.69) is 4.74 Å². The van der Waals surface area contributed by atoms with Gasteiger partial charge in [-0.3, -0.25) is 0 Å². The highest BCUT2D eigenvalue weighted by atomic mass is 19.4. The Kier molecular flexibility index (Phi) is 1.35. The maximum atomic E-state index is 11.7. The van der Waals surface area contributed by atoms with Crippen molar-refractivity contribution >= 4 is 5.97 Å². The summed E-state index contributed by atoms with van der Waals surface area (Å²) in [6.07, 6.45) is -3.80. The van der Waals surface area contributed by atoms with Crippen LogP contribution in [0.2, 0.25) is 0 Å². The van der Waals surface area contributed by atoms with Gasteiger partial charge in [0.15, 0.2) is 0 Å². The lowest BCUT2D eigenvalue weighted by Gasteiger charge is -2.66. The summed E-state index contributed by atoms with van der Waals surface area (Å²) in [5.74, 6) is -2.10. The first-order valence-electron chi connectivity index (χ1n) is 3.84. The number of hydrogen-bond donors (Lipinski definition) is 1. The van der Waals surface area contributed by atoms with Gasteiger partial charge in [-0.1, -0.05) is 0 Å². The van der Waals surface area contributed by atoms with E-state index in [0.717, 1.165) is 0 Å². The van der Waals surface area contributed by atoms with Gasteiger partial charge in [-0.05, 0) is 0 Å². The van der Waals surface area contributed by atoms with Crippen molar-refractivity contribution in [3.05, 3.63) is 0 Å². The van der Waals surface area contributed by atoms with Crippen molar-refractivity contribution in [2.24, 2.45) is 5.73 Å². The summed E-state index contributed by atoms with van der Waals surface area (Å²) < 4.78 is 39.6. The van der Waals surface area contributed by atoms with E-state index < -0.39 is 17.7 Å². The number of hydrogen-bond acceptors (Lipinski definition) is 3. The summed E-state index contributed by atoms with van der Waals surface area (Å²) in [6.45, 7) is 0. The Bertz CT molecular complexity index is 254. The number of carbonyl (C=O) groups is 1. The quantitative estimate of drug-likeness (QED) is 0.627. The van der Waals surface area contributed by atoms with E-state index in [1.807, 2.05) is 0 Å². The van der Waals surface area contributed by atoms with Crippen LogP contribution >= 0.6 is 0 Å². The number of alkyl halides is 3. The highest BCUT2D eigenvalue weighted by Crippen LogP contribution is 2.61. The van der Waals surface area contributed by atoms with Gasteiger partial charge in [-0.25, -0.2) is 4.79 Å². The van der Waals surface area contributed by atoms with E-state index in [-0.39, 0.29) is 5.54 Å². The Labute approximate surface area is 72.0 Å². The molecule has 0 atom stereocenters. The van der Waals surface area contributed by atoms with Crippen molar-refractivity contribution in [2.45, 2.75) is 36.6 Å². The summed E-state index contributed by atoms with van der Waals surface area (Å²) in [5, 5.41) is 0.